The van der Waals surface area contributed by atoms with Gasteiger partial charge in [0.05, 0.1) is 24.7 Å². The number of alkyl carbamates (subject to hydrolysis) is 1. The Labute approximate surface area is 316 Å². The van der Waals surface area contributed by atoms with Crippen molar-refractivity contribution in [2.45, 2.75) is 84.2 Å². The average Bonchev–Trinajstić information content (AvgIpc) is 3.18. The zero-order valence-electron chi connectivity index (χ0n) is 32.2. The van der Waals surface area contributed by atoms with Gasteiger partial charge in [-0.1, -0.05) is 138 Å². The lowest BCUT2D eigenvalue weighted by Gasteiger charge is -2.30. The van der Waals surface area contributed by atoms with Crippen LogP contribution in [0.5, 0.6) is 0 Å². The van der Waals surface area contributed by atoms with Crippen LogP contribution in [-0.4, -0.2) is 52.8 Å². The summed E-state index contributed by atoms with van der Waals surface area (Å²) in [5.74, 6) is 0.548. The smallest absolute Gasteiger partial charge is 0.407 e. The van der Waals surface area contributed by atoms with Gasteiger partial charge in [0.1, 0.15) is 0 Å². The number of nitrogens with zero attached hydrogens (tertiary/aromatic N) is 2. The summed E-state index contributed by atoms with van der Waals surface area (Å²) < 4.78 is 6.92. The highest BCUT2D eigenvalue weighted by molar-refractivity contribution is 7.97. The third-order valence-corrected chi connectivity index (χ3v) is 8.97. The molecule has 4 rings (SSSR count). The van der Waals surface area contributed by atoms with Crippen molar-refractivity contribution >= 4 is 23.7 Å². The van der Waals surface area contributed by atoms with Crippen molar-refractivity contribution in [3.05, 3.63) is 154 Å². The maximum Gasteiger partial charge on any atom is 0.407 e. The van der Waals surface area contributed by atoms with E-state index < -0.39 is 6.09 Å². The number of carbonyl (C=O) groups excluding carboxylic acids is 1. The van der Waals surface area contributed by atoms with Gasteiger partial charge in [0.2, 0.25) is 0 Å². The number of aliphatic hydroxyl groups excluding tert-OH is 1. The van der Waals surface area contributed by atoms with Crippen LogP contribution in [0.4, 0.5) is 10.5 Å². The second-order valence-electron chi connectivity index (χ2n) is 11.9. The lowest BCUT2D eigenvalue weighted by molar-refractivity contribution is -0.384. The Bertz CT molecular complexity index is 1510. The molecular formula is C43H59N3O5S. The van der Waals surface area contributed by atoms with Crippen LogP contribution in [0.25, 0.3) is 0 Å². The molecule has 8 nitrogen and oxygen atoms in total. The van der Waals surface area contributed by atoms with E-state index in [9.17, 15) is 20.0 Å². The number of ether oxygens (including phenoxy) is 1. The molecule has 0 heterocycles. The molecule has 0 spiro atoms. The van der Waals surface area contributed by atoms with E-state index in [2.05, 4.69) is 55.2 Å². The van der Waals surface area contributed by atoms with Crippen LogP contribution >= 0.6 is 11.9 Å². The molecule has 9 heteroatoms. The van der Waals surface area contributed by atoms with Gasteiger partial charge in [0, 0.05) is 35.5 Å². The second-order valence-corrected chi connectivity index (χ2v) is 13.0. The molecule has 4 aromatic rings. The minimum Gasteiger partial charge on any atom is -0.453 e. The molecule has 52 heavy (non-hydrogen) atoms. The van der Waals surface area contributed by atoms with Crippen LogP contribution in [0, 0.1) is 23.0 Å². The molecule has 282 valence electrons. The van der Waals surface area contributed by atoms with Gasteiger partial charge in [-0.25, -0.2) is 9.10 Å². The molecular weight excluding hydrogens is 671 g/mol. The first-order chi connectivity index (χ1) is 25.1. The van der Waals surface area contributed by atoms with E-state index in [1.54, 1.807) is 30.2 Å². The lowest BCUT2D eigenvalue weighted by Crippen LogP contribution is -2.38. The Morgan fingerprint density at radius 2 is 1.48 bits per heavy atom. The number of nitro benzene ring substituents is 1. The van der Waals surface area contributed by atoms with Gasteiger partial charge in [-0.2, -0.15) is 0 Å². The van der Waals surface area contributed by atoms with Crippen molar-refractivity contribution in [2.75, 3.05) is 20.3 Å². The molecule has 2 atom stereocenters. The molecule has 0 aliphatic heterocycles. The topological polar surface area (TPSA) is 105 Å². The molecule has 4 aromatic carbocycles. The highest BCUT2D eigenvalue weighted by atomic mass is 32.2. The maximum atomic E-state index is 11.6. The number of nitro groups is 1. The number of aryl methyl sites for hydroxylation is 1. The van der Waals surface area contributed by atoms with Gasteiger partial charge in [0.15, 0.2) is 0 Å². The molecule has 0 fully saturated rings. The van der Waals surface area contributed by atoms with E-state index in [1.165, 1.54) is 30.4 Å². The van der Waals surface area contributed by atoms with Crippen molar-refractivity contribution in [3.63, 3.8) is 0 Å². The zero-order valence-corrected chi connectivity index (χ0v) is 33.0. The average molecular weight is 730 g/mol. The molecule has 0 saturated carbocycles. The summed E-state index contributed by atoms with van der Waals surface area (Å²) in [4.78, 5) is 23.0. The third-order valence-electron chi connectivity index (χ3n) is 7.77. The van der Waals surface area contributed by atoms with Crippen molar-refractivity contribution in [1.82, 2.24) is 9.62 Å². The van der Waals surface area contributed by atoms with Crippen LogP contribution in [0.15, 0.2) is 127 Å². The quantitative estimate of drug-likeness (QED) is 0.0543. The Balaban J connectivity index is 0.000000486. The van der Waals surface area contributed by atoms with E-state index in [4.69, 9.17) is 4.74 Å². The Kier molecular flexibility index (Phi) is 23.1. The first-order valence-electron chi connectivity index (χ1n) is 18.1. The van der Waals surface area contributed by atoms with E-state index in [1.807, 2.05) is 94.4 Å². The first-order valence-corrected chi connectivity index (χ1v) is 18.8. The molecule has 2 unspecified atom stereocenters. The normalized spacial score (nSPS) is 11.5. The predicted molar refractivity (Wildman–Crippen MR) is 218 cm³/mol. The van der Waals surface area contributed by atoms with Crippen molar-refractivity contribution < 1.29 is 19.6 Å². The number of aliphatic hydroxyl groups is 1. The van der Waals surface area contributed by atoms with Crippen molar-refractivity contribution in [2.24, 2.45) is 5.92 Å². The van der Waals surface area contributed by atoms with E-state index in [-0.39, 0.29) is 35.2 Å². The van der Waals surface area contributed by atoms with E-state index >= 15 is 0 Å². The minimum absolute atomic E-state index is 0.0102. The van der Waals surface area contributed by atoms with E-state index in [0.717, 1.165) is 35.4 Å². The summed E-state index contributed by atoms with van der Waals surface area (Å²) in [6.45, 7) is 19.2. The third kappa shape index (κ3) is 16.3. The van der Waals surface area contributed by atoms with E-state index in [0.29, 0.717) is 5.92 Å². The Morgan fingerprint density at radius 3 is 1.92 bits per heavy atom. The molecule has 0 radical (unpaired) electrons. The molecule has 0 saturated heterocycles. The number of nitrogens with one attached hydrogen (secondary N) is 1. The van der Waals surface area contributed by atoms with Crippen LogP contribution in [-0.2, 0) is 11.2 Å². The number of benzene rings is 4. The first kappa shape index (κ1) is 45.6. The highest BCUT2D eigenvalue weighted by Gasteiger charge is 2.24. The number of methoxy groups -OCH3 is 1. The predicted octanol–water partition coefficient (Wildman–Crippen LogP) is 10.6. The maximum absolute atomic E-state index is 11.6. The lowest BCUT2D eigenvalue weighted by atomic mass is 9.85. The molecule has 0 aliphatic carbocycles. The summed E-state index contributed by atoms with van der Waals surface area (Å²) in [7, 11) is 1.36. The fourth-order valence-corrected chi connectivity index (χ4v) is 6.24. The monoisotopic (exact) mass is 729 g/mol. The van der Waals surface area contributed by atoms with Gasteiger partial charge in [-0.05, 0) is 66.5 Å². The van der Waals surface area contributed by atoms with Gasteiger partial charge < -0.3 is 15.2 Å². The summed E-state index contributed by atoms with van der Waals surface area (Å²) in [6, 6.07) is 34.8. The molecule has 0 bridgehead atoms. The molecule has 2 N–H and O–H groups in total. The molecule has 0 aromatic heterocycles. The minimum atomic E-state index is -0.461. The summed E-state index contributed by atoms with van der Waals surface area (Å²) in [5, 5.41) is 23.7. The highest BCUT2D eigenvalue weighted by Crippen LogP contribution is 2.30. The Morgan fingerprint density at radius 1 is 0.923 bits per heavy atom. The van der Waals surface area contributed by atoms with Gasteiger partial charge in [0.25, 0.3) is 5.69 Å². The van der Waals surface area contributed by atoms with Gasteiger partial charge >= 0.3 is 6.09 Å². The largest absolute Gasteiger partial charge is 0.453 e. The summed E-state index contributed by atoms with van der Waals surface area (Å²) in [6.07, 6.45) is 3.05. The van der Waals surface area contributed by atoms with Crippen molar-refractivity contribution in [1.29, 1.82) is 0 Å². The van der Waals surface area contributed by atoms with Crippen LogP contribution < -0.4 is 5.32 Å². The van der Waals surface area contributed by atoms with Crippen LogP contribution in [0.1, 0.15) is 76.1 Å². The van der Waals surface area contributed by atoms with Gasteiger partial charge in [-0.15, -0.1) is 6.58 Å². The van der Waals surface area contributed by atoms with Crippen LogP contribution in [0.2, 0.25) is 0 Å². The fraction of sp³-hybridized carbons (Fsp3) is 0.372. The van der Waals surface area contributed by atoms with Gasteiger partial charge in [-0.3, -0.25) is 10.1 Å². The standard InChI is InChI=1S/C21H28N2O3S.C18H19NO2.2C2H6/c1-16(2)11-12-22(27-21-9-7-19(8-10-21)23(25)26)20(15-24)14-18-6-4-5-17(3)13-18;1-3-16(19-18(20)21-2)17(14-10-6-4-7-11-14)15-12-8-5-9-13-15;2*1-2/h4-10,13,16,20,24H,11-12,14-15H2,1-3H3;3-13,16-17H,1H2,2H3,(H,19,20);2*1-2H3. The van der Waals surface area contributed by atoms with Crippen LogP contribution in [0.3, 0.4) is 0 Å². The number of carbonyl (C=O) groups is 1. The SMILES string of the molecule is C=CC(NC(=O)OC)C(c1ccccc1)c1ccccc1.CC.CC.Cc1cccc(CC(CO)N(CCC(C)C)Sc2ccc([N+](=O)[O-])cc2)c1. The second kappa shape index (κ2) is 26.4. The number of rotatable bonds is 15. The summed E-state index contributed by atoms with van der Waals surface area (Å²) >= 11 is 1.56. The molecule has 0 aliphatic rings. The fourth-order valence-electron chi connectivity index (χ4n) is 5.22. The zero-order chi connectivity index (χ0) is 38.9. The number of hydrogen-bond donors (Lipinski definition) is 2. The Hall–Kier alpha value is -4.44. The number of non-ortho nitro benzene ring substituents is 1. The molecule has 1 amide bonds. The summed E-state index contributed by atoms with van der Waals surface area (Å²) in [5.41, 5.74) is 4.73. The number of amides is 1. The number of hydrogen-bond acceptors (Lipinski definition) is 7. The van der Waals surface area contributed by atoms with Crippen molar-refractivity contribution in [3.8, 4) is 0 Å².